The molecule has 0 saturated heterocycles. The van der Waals surface area contributed by atoms with Gasteiger partial charge in [0, 0.05) is 19.4 Å². The summed E-state index contributed by atoms with van der Waals surface area (Å²) in [5.74, 6) is -14.3. The predicted molar refractivity (Wildman–Crippen MR) is 259 cm³/mol. The van der Waals surface area contributed by atoms with Crippen LogP contribution in [0.5, 0.6) is 11.5 Å². The van der Waals surface area contributed by atoms with Crippen molar-refractivity contribution in [2.75, 3.05) is 13.2 Å². The molecule has 22 N–H and O–H groups in total. The average Bonchev–Trinajstić information content (AvgIpc) is 3.31. The molecule has 0 bridgehead atoms. The van der Waals surface area contributed by atoms with E-state index in [9.17, 15) is 78.3 Å². The van der Waals surface area contributed by atoms with Gasteiger partial charge in [-0.15, -0.1) is 0 Å². The topological polar surface area (TPSA) is 516 Å². The van der Waals surface area contributed by atoms with E-state index in [0.29, 0.717) is 11.1 Å². The molecule has 0 saturated carbocycles. The summed E-state index contributed by atoms with van der Waals surface area (Å²) in [6.45, 7) is 2.47. The first kappa shape index (κ1) is 61.5. The fourth-order valence-corrected chi connectivity index (χ4v) is 6.81. The van der Waals surface area contributed by atoms with E-state index in [1.165, 1.54) is 48.5 Å². The Kier molecular flexibility index (Phi) is 25.2. The average molecular weight is 1040 g/mol. The molecule has 0 fully saturated rings. The summed E-state index contributed by atoms with van der Waals surface area (Å²) >= 11 is 0. The molecule has 0 aliphatic carbocycles. The number of amides is 9. The lowest BCUT2D eigenvalue weighted by molar-refractivity contribution is -0.145. The summed E-state index contributed by atoms with van der Waals surface area (Å²) in [6, 6.07) is -2.93. The van der Waals surface area contributed by atoms with Gasteiger partial charge < -0.3 is 91.4 Å². The van der Waals surface area contributed by atoms with Crippen molar-refractivity contribution in [3.8, 4) is 11.5 Å². The molecule has 2 aromatic carbocycles. The first-order valence-electron chi connectivity index (χ1n) is 22.8. The lowest BCUT2D eigenvalue weighted by atomic mass is 9.99. The van der Waals surface area contributed by atoms with Crippen molar-refractivity contribution in [1.82, 2.24) is 37.2 Å². The predicted octanol–water partition coefficient (Wildman–Crippen LogP) is -5.99. The lowest BCUT2D eigenvalue weighted by Gasteiger charge is -2.28. The normalized spacial score (nSPS) is 14.1. The second kappa shape index (κ2) is 30.3. The van der Waals surface area contributed by atoms with Crippen LogP contribution in [0.3, 0.4) is 0 Å². The molecule has 74 heavy (non-hydrogen) atoms. The molecule has 0 aliphatic heterocycles. The SMILES string of the molecule is CC(C)C[C@H](NC(=O)[C@H](Cc1ccc(O)cc1)NC(=O)[C@H](CC(N)=O)NC(=O)[C@H](CO)NC(=O)[C@@H](N)CCCN=C(N)N)C(=O)N[C@@H](Cc1ccc(O)cc1)C(=O)N[C@@H](CC(=O)O)C(=O)N[C@@H](CC(N)=O)C(=O)O. The first-order chi connectivity index (χ1) is 34.7. The largest absolute Gasteiger partial charge is 0.508 e. The van der Waals surface area contributed by atoms with Crippen molar-refractivity contribution < 1.29 is 78.3 Å². The Morgan fingerprint density at radius 3 is 1.28 bits per heavy atom. The van der Waals surface area contributed by atoms with Crippen LogP contribution in [-0.4, -0.2) is 158 Å². The summed E-state index contributed by atoms with van der Waals surface area (Å²) < 4.78 is 0. The number of aromatic hydroxyl groups is 2. The Morgan fingerprint density at radius 1 is 0.514 bits per heavy atom. The molecule has 0 aliphatic rings. The Morgan fingerprint density at radius 2 is 0.878 bits per heavy atom. The van der Waals surface area contributed by atoms with Crippen LogP contribution in [0.4, 0.5) is 0 Å². The number of primary amides is 2. The number of carbonyl (C=O) groups excluding carboxylic acids is 9. The zero-order valence-corrected chi connectivity index (χ0v) is 40.4. The van der Waals surface area contributed by atoms with Gasteiger partial charge in [0.05, 0.1) is 31.9 Å². The minimum atomic E-state index is -1.99. The van der Waals surface area contributed by atoms with Gasteiger partial charge in [-0.25, -0.2) is 4.79 Å². The summed E-state index contributed by atoms with van der Waals surface area (Å²) in [6.07, 6.45) is -3.43. The number of aliphatic hydroxyl groups is 1. The highest BCUT2D eigenvalue weighted by molar-refractivity contribution is 5.99. The fraction of sp³-hybridized carbons (Fsp3) is 0.467. The van der Waals surface area contributed by atoms with E-state index in [4.69, 9.17) is 28.7 Å². The van der Waals surface area contributed by atoms with Gasteiger partial charge in [-0.05, 0) is 60.6 Å². The number of carboxylic acids is 2. The molecule has 0 heterocycles. The van der Waals surface area contributed by atoms with Gasteiger partial charge in [0.25, 0.3) is 0 Å². The van der Waals surface area contributed by atoms with E-state index in [2.05, 4.69) is 36.9 Å². The smallest absolute Gasteiger partial charge is 0.326 e. The number of aliphatic carboxylic acids is 2. The van der Waals surface area contributed by atoms with Gasteiger partial charge in [0.1, 0.15) is 53.8 Å². The van der Waals surface area contributed by atoms with Crippen molar-refractivity contribution in [3.05, 3.63) is 59.7 Å². The van der Waals surface area contributed by atoms with Crippen LogP contribution in [0.2, 0.25) is 0 Å². The third-order valence-electron chi connectivity index (χ3n) is 10.5. The number of carbonyl (C=O) groups is 11. The highest BCUT2D eigenvalue weighted by Crippen LogP contribution is 2.15. The van der Waals surface area contributed by atoms with E-state index < -0.39 is 139 Å². The number of phenols is 2. The summed E-state index contributed by atoms with van der Waals surface area (Å²) in [5, 5.41) is 64.9. The highest BCUT2D eigenvalue weighted by Gasteiger charge is 2.36. The van der Waals surface area contributed by atoms with Gasteiger partial charge in [0.15, 0.2) is 5.96 Å². The number of rotatable bonds is 32. The number of aliphatic imine (C=N–C) groups is 1. The quantitative estimate of drug-likeness (QED) is 0.0184. The molecule has 2 aromatic rings. The Hall–Kier alpha value is -8.60. The van der Waals surface area contributed by atoms with Crippen molar-refractivity contribution in [1.29, 1.82) is 0 Å². The maximum Gasteiger partial charge on any atom is 0.326 e. The van der Waals surface area contributed by atoms with Crippen molar-refractivity contribution >= 4 is 71.1 Å². The molecule has 29 nitrogen and oxygen atoms in total. The molecule has 8 atom stereocenters. The zero-order chi connectivity index (χ0) is 55.8. The molecule has 0 spiro atoms. The minimum absolute atomic E-state index is 0.0593. The van der Waals surface area contributed by atoms with Crippen molar-refractivity contribution in [2.45, 2.75) is 114 Å². The maximum absolute atomic E-state index is 14.3. The lowest BCUT2D eigenvalue weighted by Crippen LogP contribution is -2.61. The van der Waals surface area contributed by atoms with Crippen LogP contribution in [0.1, 0.15) is 63.5 Å². The number of nitrogens with zero attached hydrogens (tertiary/aromatic N) is 1. The molecular weight excluding hydrogens is 979 g/mol. The van der Waals surface area contributed by atoms with E-state index in [-0.39, 0.29) is 62.0 Å². The molecule has 2 rings (SSSR count). The number of benzene rings is 2. The molecule has 0 aromatic heterocycles. The Balaban J connectivity index is 2.50. The molecular formula is C45H65N13O16. The van der Waals surface area contributed by atoms with Gasteiger partial charge in [-0.1, -0.05) is 38.1 Å². The van der Waals surface area contributed by atoms with Gasteiger partial charge in [-0.3, -0.25) is 52.9 Å². The van der Waals surface area contributed by atoms with Crippen LogP contribution in [0.15, 0.2) is 53.5 Å². The second-order valence-electron chi connectivity index (χ2n) is 17.3. The van der Waals surface area contributed by atoms with Crippen LogP contribution >= 0.6 is 0 Å². The maximum atomic E-state index is 14.3. The number of phenolic OH excluding ortho intramolecular Hbond substituents is 2. The number of carboxylic acid groups (broad SMARTS) is 2. The third-order valence-corrected chi connectivity index (χ3v) is 10.5. The van der Waals surface area contributed by atoms with E-state index in [1.54, 1.807) is 13.8 Å². The minimum Gasteiger partial charge on any atom is -0.508 e. The van der Waals surface area contributed by atoms with Crippen LogP contribution in [0, 0.1) is 5.92 Å². The molecule has 9 amide bonds. The summed E-state index contributed by atoms with van der Waals surface area (Å²) in [7, 11) is 0. The fourth-order valence-electron chi connectivity index (χ4n) is 6.81. The van der Waals surface area contributed by atoms with Gasteiger partial charge in [0.2, 0.25) is 53.2 Å². The number of nitrogens with two attached hydrogens (primary N) is 5. The number of guanidine groups is 1. The van der Waals surface area contributed by atoms with E-state index >= 15 is 0 Å². The number of hydrogen-bond donors (Lipinski definition) is 17. The standard InChI is InChI=1S/C45H65N13O16/c1-21(2)14-27(38(67)53-29(16-23-7-11-25(61)12-8-23)40(69)56-31(19-36(64)65)42(71)57-32(44(73)74)18-35(48)63)52-39(68)28(15-22-5-9-24(60)10-6-22)54-41(70)30(17-34(47)62)55-43(72)33(20-59)58-37(66)26(46)4-3-13-51-45(49)50/h5-12,21,26-33,59-61H,3-4,13-20,46H2,1-2H3,(H2,47,62)(H2,48,63)(H,52,68)(H,53,67)(H,54,70)(H,55,72)(H,56,69)(H,57,71)(H,58,66)(H,64,65)(H,73,74)(H4,49,50,51)/t26-,27-,28-,29-,30-,31-,32-,33-/m0/s1. The first-order valence-corrected chi connectivity index (χ1v) is 22.8. The monoisotopic (exact) mass is 1040 g/mol. The second-order valence-corrected chi connectivity index (χ2v) is 17.3. The van der Waals surface area contributed by atoms with E-state index in [0.717, 1.165) is 0 Å². The number of hydrogen-bond acceptors (Lipinski definition) is 16. The summed E-state index contributed by atoms with van der Waals surface area (Å²) in [4.78, 5) is 147. The number of nitrogens with one attached hydrogen (secondary N) is 7. The van der Waals surface area contributed by atoms with Crippen molar-refractivity contribution in [2.24, 2.45) is 39.6 Å². The molecule has 0 radical (unpaired) electrons. The highest BCUT2D eigenvalue weighted by atomic mass is 16.4. The van der Waals surface area contributed by atoms with E-state index in [1.807, 2.05) is 5.32 Å². The summed E-state index contributed by atoms with van der Waals surface area (Å²) in [5.41, 5.74) is 27.6. The van der Waals surface area contributed by atoms with Gasteiger partial charge >= 0.3 is 11.9 Å². The van der Waals surface area contributed by atoms with Crippen LogP contribution in [0.25, 0.3) is 0 Å². The molecule has 0 unspecified atom stereocenters. The molecule has 406 valence electrons. The molecule has 29 heteroatoms. The van der Waals surface area contributed by atoms with Crippen molar-refractivity contribution in [3.63, 3.8) is 0 Å². The Labute approximate surface area is 423 Å². The van der Waals surface area contributed by atoms with Crippen LogP contribution in [-0.2, 0) is 65.6 Å². The Bertz CT molecular complexity index is 2350. The number of aliphatic hydroxyl groups excluding tert-OH is 1. The third kappa shape index (κ3) is 22.6. The zero-order valence-electron chi connectivity index (χ0n) is 40.4. The van der Waals surface area contributed by atoms with Gasteiger partial charge in [-0.2, -0.15) is 0 Å². The van der Waals surface area contributed by atoms with Crippen LogP contribution < -0.4 is 65.9 Å².